The van der Waals surface area contributed by atoms with Crippen molar-refractivity contribution in [2.24, 2.45) is 0 Å². The van der Waals surface area contributed by atoms with Gasteiger partial charge in [0.15, 0.2) is 11.5 Å². The van der Waals surface area contributed by atoms with E-state index < -0.39 is 23.9 Å². The lowest BCUT2D eigenvalue weighted by Crippen LogP contribution is -2.23. The highest BCUT2D eigenvalue weighted by Gasteiger charge is 2.32. The fourth-order valence-electron chi connectivity index (χ4n) is 3.95. The molecule has 5 aromatic rings. The quantitative estimate of drug-likeness (QED) is 0.317. The van der Waals surface area contributed by atoms with Crippen LogP contribution in [-0.4, -0.2) is 21.1 Å². The predicted octanol–water partition coefficient (Wildman–Crippen LogP) is 5.70. The predicted molar refractivity (Wildman–Crippen MR) is 121 cm³/mol. The number of hydrogen-bond acceptors (Lipinski definition) is 6. The molecule has 0 aliphatic carbocycles. The van der Waals surface area contributed by atoms with Crippen LogP contribution in [0.1, 0.15) is 11.5 Å². The maximum Gasteiger partial charge on any atom is 0.417 e. The van der Waals surface area contributed by atoms with Crippen molar-refractivity contribution in [2.75, 3.05) is 5.73 Å². The fraction of sp³-hybridized carbons (Fsp3) is 0.125. The van der Waals surface area contributed by atoms with Crippen LogP contribution in [0.2, 0.25) is 0 Å². The van der Waals surface area contributed by atoms with Crippen LogP contribution in [0.3, 0.4) is 0 Å². The second kappa shape index (κ2) is 8.33. The Balaban J connectivity index is 1.81. The van der Waals surface area contributed by atoms with Crippen LogP contribution in [-0.2, 0) is 6.18 Å². The number of alkyl halides is 5. The minimum Gasteiger partial charge on any atom is -0.441 e. The van der Waals surface area contributed by atoms with Crippen molar-refractivity contribution in [1.29, 1.82) is 0 Å². The third kappa shape index (κ3) is 4.00. The summed E-state index contributed by atoms with van der Waals surface area (Å²) in [6, 6.07) is 10.4. The number of benzene rings is 2. The van der Waals surface area contributed by atoms with E-state index in [1.807, 2.05) is 0 Å². The maximum atomic E-state index is 13.7. The van der Waals surface area contributed by atoms with Gasteiger partial charge in [0.25, 0.3) is 5.56 Å². The van der Waals surface area contributed by atoms with E-state index in [-0.39, 0.29) is 33.7 Å². The first-order valence-electron chi connectivity index (χ1n) is 10.4. The molecule has 3 heterocycles. The summed E-state index contributed by atoms with van der Waals surface area (Å²) >= 11 is 0. The van der Waals surface area contributed by atoms with Crippen LogP contribution in [0.5, 0.6) is 5.75 Å². The van der Waals surface area contributed by atoms with Crippen molar-refractivity contribution in [3.8, 4) is 22.6 Å². The molecular formula is C24H15F5N4O3. The molecule has 3 aromatic heterocycles. The van der Waals surface area contributed by atoms with Gasteiger partial charge in [0.2, 0.25) is 0 Å². The molecule has 12 heteroatoms. The molecule has 0 spiro atoms. The summed E-state index contributed by atoms with van der Waals surface area (Å²) in [5, 5.41) is 0. The topological polar surface area (TPSA) is 96.2 Å². The molecule has 0 aliphatic heterocycles. The Morgan fingerprint density at radius 1 is 1.08 bits per heavy atom. The Labute approximate surface area is 198 Å². The number of nitrogen functional groups attached to an aromatic ring is 1. The number of aromatic nitrogens is 3. The number of nitrogens with zero attached hydrogens (tertiary/aromatic N) is 3. The Kier molecular flexibility index (Phi) is 5.38. The number of fused-ring (bicyclic) bond motifs is 2. The number of nitrogens with two attached hydrogens (primary N) is 1. The van der Waals surface area contributed by atoms with E-state index in [1.165, 1.54) is 24.3 Å². The summed E-state index contributed by atoms with van der Waals surface area (Å²) in [5.74, 6) is 0.209. The molecule has 0 bridgehead atoms. The smallest absolute Gasteiger partial charge is 0.417 e. The minimum absolute atomic E-state index is 0.0229. The van der Waals surface area contributed by atoms with Gasteiger partial charge < -0.3 is 14.9 Å². The van der Waals surface area contributed by atoms with Gasteiger partial charge in [-0.1, -0.05) is 6.07 Å². The van der Waals surface area contributed by atoms with Gasteiger partial charge in [-0.15, -0.1) is 0 Å². The van der Waals surface area contributed by atoms with Crippen molar-refractivity contribution in [1.82, 2.24) is 14.5 Å². The van der Waals surface area contributed by atoms with E-state index >= 15 is 0 Å². The highest BCUT2D eigenvalue weighted by molar-refractivity contribution is 5.97. The maximum absolute atomic E-state index is 13.7. The lowest BCUT2D eigenvalue weighted by atomic mass is 10.0. The van der Waals surface area contributed by atoms with Crippen LogP contribution in [0, 0.1) is 6.92 Å². The van der Waals surface area contributed by atoms with Crippen LogP contribution in [0.15, 0.2) is 63.9 Å². The molecule has 0 fully saturated rings. The molecule has 0 amide bonds. The average Bonchev–Trinajstić information content (AvgIpc) is 3.18. The Morgan fingerprint density at radius 3 is 2.47 bits per heavy atom. The number of hydrogen-bond donors (Lipinski definition) is 1. The van der Waals surface area contributed by atoms with E-state index in [2.05, 4.69) is 14.7 Å². The second-order valence-corrected chi connectivity index (χ2v) is 7.81. The molecule has 36 heavy (non-hydrogen) atoms. The summed E-state index contributed by atoms with van der Waals surface area (Å²) in [4.78, 5) is 21.9. The molecule has 0 saturated carbocycles. The number of ether oxygens (including phenoxy) is 1. The van der Waals surface area contributed by atoms with Crippen molar-refractivity contribution in [3.05, 3.63) is 76.5 Å². The first-order chi connectivity index (χ1) is 17.0. The van der Waals surface area contributed by atoms with E-state index in [0.29, 0.717) is 28.8 Å². The number of rotatable bonds is 4. The zero-order valence-corrected chi connectivity index (χ0v) is 18.3. The zero-order valence-electron chi connectivity index (χ0n) is 18.3. The lowest BCUT2D eigenvalue weighted by Gasteiger charge is -2.17. The van der Waals surface area contributed by atoms with Crippen LogP contribution in [0.25, 0.3) is 38.9 Å². The third-order valence-corrected chi connectivity index (χ3v) is 5.48. The van der Waals surface area contributed by atoms with Crippen molar-refractivity contribution >= 4 is 27.8 Å². The molecule has 0 atom stereocenters. The first kappa shape index (κ1) is 23.3. The molecule has 0 saturated heterocycles. The summed E-state index contributed by atoms with van der Waals surface area (Å²) < 4.78 is 76.3. The van der Waals surface area contributed by atoms with E-state index in [1.54, 1.807) is 25.1 Å². The number of aryl methyl sites for hydroxylation is 1. The highest BCUT2D eigenvalue weighted by Crippen LogP contribution is 2.35. The molecule has 0 aliphatic rings. The van der Waals surface area contributed by atoms with Gasteiger partial charge in [-0.25, -0.2) is 4.98 Å². The molecule has 0 unspecified atom stereocenters. The summed E-state index contributed by atoms with van der Waals surface area (Å²) in [5.41, 5.74) is 5.38. The Hall–Kier alpha value is -4.48. The van der Waals surface area contributed by atoms with E-state index in [9.17, 15) is 26.7 Å². The number of halogens is 5. The molecule has 5 rings (SSSR count). The summed E-state index contributed by atoms with van der Waals surface area (Å²) in [7, 11) is 0. The molecule has 184 valence electrons. The minimum atomic E-state index is -4.74. The van der Waals surface area contributed by atoms with Gasteiger partial charge in [-0.05, 0) is 48.0 Å². The zero-order chi connectivity index (χ0) is 25.8. The van der Waals surface area contributed by atoms with Crippen molar-refractivity contribution < 1.29 is 31.1 Å². The van der Waals surface area contributed by atoms with Crippen molar-refractivity contribution in [2.45, 2.75) is 19.7 Å². The van der Waals surface area contributed by atoms with Crippen LogP contribution >= 0.6 is 0 Å². The second-order valence-electron chi connectivity index (χ2n) is 7.81. The highest BCUT2D eigenvalue weighted by atomic mass is 19.4. The third-order valence-electron chi connectivity index (χ3n) is 5.48. The summed E-state index contributed by atoms with van der Waals surface area (Å²) in [6.07, 6.45) is -4.11. The number of anilines is 1. The molecule has 0 radical (unpaired) electrons. The number of oxazole rings is 1. The molecule has 7 nitrogen and oxygen atoms in total. The molecular weight excluding hydrogens is 487 g/mol. The Morgan fingerprint density at radius 2 is 1.81 bits per heavy atom. The van der Waals surface area contributed by atoms with Gasteiger partial charge in [0.05, 0.1) is 22.3 Å². The normalized spacial score (nSPS) is 12.1. The fourth-order valence-corrected chi connectivity index (χ4v) is 3.95. The summed E-state index contributed by atoms with van der Waals surface area (Å²) in [6.45, 7) is -1.42. The average molecular weight is 502 g/mol. The van der Waals surface area contributed by atoms with Gasteiger partial charge in [-0.3, -0.25) is 14.3 Å². The van der Waals surface area contributed by atoms with Gasteiger partial charge >= 0.3 is 12.8 Å². The van der Waals surface area contributed by atoms with Crippen LogP contribution < -0.4 is 16.0 Å². The Bertz CT molecular complexity index is 1670. The van der Waals surface area contributed by atoms with Gasteiger partial charge in [-0.2, -0.15) is 22.0 Å². The number of pyridine rings is 2. The SMILES string of the molecule is Cc1nc2cc(-c3c(N)c4ncc(C(F)(F)F)cc4n(-c4ccc(OC(F)F)cc4)c3=O)ccc2o1. The van der Waals surface area contributed by atoms with Crippen LogP contribution in [0.4, 0.5) is 27.6 Å². The van der Waals surface area contributed by atoms with Gasteiger partial charge in [0, 0.05) is 18.8 Å². The van der Waals surface area contributed by atoms with E-state index in [4.69, 9.17) is 10.2 Å². The monoisotopic (exact) mass is 502 g/mol. The standard InChI is InChI=1S/C24H15F5N4O3/c1-11-32-16-8-12(2-7-18(16)35-11)19-20(30)21-17(9-13(10-31-21)24(27,28)29)33(22(19)34)14-3-5-15(6-4-14)36-23(25)26/h2-10,23H,30H2,1H3. The lowest BCUT2D eigenvalue weighted by molar-refractivity contribution is -0.137. The first-order valence-corrected chi connectivity index (χ1v) is 10.4. The van der Waals surface area contributed by atoms with E-state index in [0.717, 1.165) is 10.6 Å². The molecule has 2 aromatic carbocycles. The van der Waals surface area contributed by atoms with Gasteiger partial charge in [0.1, 0.15) is 16.8 Å². The molecule has 2 N–H and O–H groups in total. The van der Waals surface area contributed by atoms with Crippen molar-refractivity contribution in [3.63, 3.8) is 0 Å². The largest absolute Gasteiger partial charge is 0.441 e.